The van der Waals surface area contributed by atoms with Crippen LogP contribution in [0.3, 0.4) is 0 Å². The van der Waals surface area contributed by atoms with Gasteiger partial charge >= 0.3 is 12.1 Å². The number of alkyl halides is 3. The van der Waals surface area contributed by atoms with Crippen molar-refractivity contribution in [3.63, 3.8) is 0 Å². The lowest BCUT2D eigenvalue weighted by Crippen LogP contribution is -2.37. The van der Waals surface area contributed by atoms with E-state index in [1.807, 2.05) is 0 Å². The van der Waals surface area contributed by atoms with E-state index in [2.05, 4.69) is 10.1 Å². The Balaban J connectivity index is 2.67. The quantitative estimate of drug-likeness (QED) is 0.862. The highest BCUT2D eigenvalue weighted by molar-refractivity contribution is 5.94. The molecule has 2 N–H and O–H groups in total. The van der Waals surface area contributed by atoms with Gasteiger partial charge in [-0.3, -0.25) is 4.79 Å². The zero-order valence-electron chi connectivity index (χ0n) is 10.4. The second-order valence-corrected chi connectivity index (χ2v) is 3.85. The Kier molecular flexibility index (Phi) is 5.09. The van der Waals surface area contributed by atoms with E-state index in [1.165, 1.54) is 7.11 Å². The summed E-state index contributed by atoms with van der Waals surface area (Å²) in [7, 11) is 1.17. The van der Waals surface area contributed by atoms with E-state index in [-0.39, 0.29) is 12.1 Å². The molecule has 1 atom stereocenters. The molecule has 110 valence electrons. The van der Waals surface area contributed by atoms with Gasteiger partial charge in [0.25, 0.3) is 5.91 Å². The van der Waals surface area contributed by atoms with Gasteiger partial charge in [-0.15, -0.1) is 0 Å². The number of carboxylic acids is 1. The summed E-state index contributed by atoms with van der Waals surface area (Å²) in [4.78, 5) is 22.2. The zero-order chi connectivity index (χ0) is 15.3. The molecule has 0 saturated carbocycles. The van der Waals surface area contributed by atoms with Crippen LogP contribution < -0.4 is 5.32 Å². The summed E-state index contributed by atoms with van der Waals surface area (Å²) in [6.07, 6.45) is -5.69. The first-order valence-electron chi connectivity index (χ1n) is 5.46. The summed E-state index contributed by atoms with van der Waals surface area (Å²) in [6, 6.07) is 3.58. The summed E-state index contributed by atoms with van der Waals surface area (Å²) in [5.41, 5.74) is -0.868. The van der Waals surface area contributed by atoms with Gasteiger partial charge in [0.05, 0.1) is 12.1 Å². The highest BCUT2D eigenvalue weighted by atomic mass is 19.4. The van der Waals surface area contributed by atoms with Crippen molar-refractivity contribution in [1.82, 2.24) is 5.32 Å². The van der Waals surface area contributed by atoms with Gasteiger partial charge < -0.3 is 15.2 Å². The fourth-order valence-corrected chi connectivity index (χ4v) is 1.37. The van der Waals surface area contributed by atoms with Crippen molar-refractivity contribution in [3.05, 3.63) is 35.4 Å². The van der Waals surface area contributed by atoms with Crippen LogP contribution >= 0.6 is 0 Å². The third-order valence-corrected chi connectivity index (χ3v) is 2.48. The average Bonchev–Trinajstić information content (AvgIpc) is 2.38. The van der Waals surface area contributed by atoms with Crippen LogP contribution in [0, 0.1) is 0 Å². The van der Waals surface area contributed by atoms with Gasteiger partial charge in [-0.25, -0.2) is 4.79 Å². The molecular weight excluding hydrogens is 279 g/mol. The molecule has 0 heterocycles. The average molecular weight is 291 g/mol. The molecule has 1 aromatic carbocycles. The van der Waals surface area contributed by atoms with Crippen molar-refractivity contribution in [2.24, 2.45) is 0 Å². The number of carboxylic acid groups (broad SMARTS) is 1. The Bertz CT molecular complexity index is 484. The number of nitrogens with one attached hydrogen (secondary N) is 1. The minimum absolute atomic E-state index is 0.00163. The van der Waals surface area contributed by atoms with Crippen molar-refractivity contribution in [2.75, 3.05) is 13.7 Å². The maximum Gasteiger partial charge on any atom is 0.416 e. The fraction of sp³-hybridized carbons (Fsp3) is 0.333. The number of methoxy groups -OCH3 is 1. The van der Waals surface area contributed by atoms with Crippen molar-refractivity contribution in [3.8, 4) is 0 Å². The molecule has 0 fully saturated rings. The van der Waals surface area contributed by atoms with Crippen molar-refractivity contribution < 1.29 is 32.6 Å². The number of benzene rings is 1. The molecule has 0 aliphatic heterocycles. The highest BCUT2D eigenvalue weighted by Gasteiger charge is 2.30. The largest absolute Gasteiger partial charge is 0.479 e. The molecule has 1 unspecified atom stereocenters. The second kappa shape index (κ2) is 6.38. The third kappa shape index (κ3) is 4.23. The molecule has 0 bridgehead atoms. The van der Waals surface area contributed by atoms with Crippen LogP contribution in [0.2, 0.25) is 0 Å². The van der Waals surface area contributed by atoms with Crippen LogP contribution in [0.5, 0.6) is 0 Å². The van der Waals surface area contributed by atoms with E-state index < -0.39 is 29.7 Å². The van der Waals surface area contributed by atoms with Crippen molar-refractivity contribution >= 4 is 11.9 Å². The molecule has 1 amide bonds. The number of hydrogen-bond donors (Lipinski definition) is 2. The molecule has 8 heteroatoms. The standard InChI is InChI=1S/C12H12F3NO4/c1-20-9(11(18)19)6-16-10(17)7-2-4-8(5-3-7)12(13,14)15/h2-5,9H,6H2,1H3,(H,16,17)(H,18,19). The summed E-state index contributed by atoms with van der Waals surface area (Å²) >= 11 is 0. The number of ether oxygens (including phenoxy) is 1. The Morgan fingerprint density at radius 2 is 1.85 bits per heavy atom. The lowest BCUT2D eigenvalue weighted by Gasteiger charge is -2.12. The number of amides is 1. The molecule has 1 rings (SSSR count). The monoisotopic (exact) mass is 291 g/mol. The minimum atomic E-state index is -4.47. The van der Waals surface area contributed by atoms with E-state index in [0.717, 1.165) is 24.3 Å². The molecule has 0 saturated heterocycles. The first-order chi connectivity index (χ1) is 9.25. The van der Waals surface area contributed by atoms with E-state index in [4.69, 9.17) is 5.11 Å². The van der Waals surface area contributed by atoms with Gasteiger partial charge in [-0.1, -0.05) is 0 Å². The lowest BCUT2D eigenvalue weighted by molar-refractivity contribution is -0.148. The maximum atomic E-state index is 12.3. The van der Waals surface area contributed by atoms with Crippen LogP contribution in [-0.4, -0.2) is 36.7 Å². The number of hydrogen-bond acceptors (Lipinski definition) is 3. The molecule has 0 aliphatic rings. The number of rotatable bonds is 5. The lowest BCUT2D eigenvalue weighted by atomic mass is 10.1. The third-order valence-electron chi connectivity index (χ3n) is 2.48. The highest BCUT2D eigenvalue weighted by Crippen LogP contribution is 2.28. The SMILES string of the molecule is COC(CNC(=O)c1ccc(C(F)(F)F)cc1)C(=O)O. The molecule has 5 nitrogen and oxygen atoms in total. The Labute approximate surface area is 112 Å². The van der Waals surface area contributed by atoms with Gasteiger partial charge in [-0.2, -0.15) is 13.2 Å². The first-order valence-corrected chi connectivity index (χ1v) is 5.46. The van der Waals surface area contributed by atoms with Crippen molar-refractivity contribution in [2.45, 2.75) is 12.3 Å². The minimum Gasteiger partial charge on any atom is -0.479 e. The number of carbonyl (C=O) groups excluding carboxylic acids is 1. The molecule has 20 heavy (non-hydrogen) atoms. The fourth-order valence-electron chi connectivity index (χ4n) is 1.37. The van der Waals surface area contributed by atoms with Gasteiger partial charge in [0.15, 0.2) is 6.10 Å². The Morgan fingerprint density at radius 3 is 2.25 bits per heavy atom. The molecule has 0 aliphatic carbocycles. The second-order valence-electron chi connectivity index (χ2n) is 3.85. The van der Waals surface area contributed by atoms with Gasteiger partial charge in [0.1, 0.15) is 0 Å². The van der Waals surface area contributed by atoms with Crippen molar-refractivity contribution in [1.29, 1.82) is 0 Å². The maximum absolute atomic E-state index is 12.3. The zero-order valence-corrected chi connectivity index (χ0v) is 10.4. The number of aliphatic carboxylic acids is 1. The molecule has 0 spiro atoms. The summed E-state index contributed by atoms with van der Waals surface area (Å²) < 4.78 is 41.6. The first kappa shape index (κ1) is 16.0. The van der Waals surface area contributed by atoms with Crippen LogP contribution in [0.1, 0.15) is 15.9 Å². The molecule has 0 radical (unpaired) electrons. The van der Waals surface area contributed by atoms with E-state index >= 15 is 0 Å². The van der Waals surface area contributed by atoms with Gasteiger partial charge in [0, 0.05) is 12.7 Å². The van der Waals surface area contributed by atoms with E-state index in [0.29, 0.717) is 0 Å². The summed E-state index contributed by atoms with van der Waals surface area (Å²) in [5.74, 6) is -1.93. The predicted octanol–water partition coefficient (Wildman–Crippen LogP) is 1.53. The van der Waals surface area contributed by atoms with Gasteiger partial charge in [-0.05, 0) is 24.3 Å². The Hall–Kier alpha value is -2.09. The smallest absolute Gasteiger partial charge is 0.416 e. The Morgan fingerprint density at radius 1 is 1.30 bits per heavy atom. The normalized spacial score (nSPS) is 12.8. The summed E-state index contributed by atoms with van der Waals surface area (Å²) in [5, 5.41) is 10.9. The topological polar surface area (TPSA) is 75.6 Å². The van der Waals surface area contributed by atoms with Crippen LogP contribution in [0.4, 0.5) is 13.2 Å². The number of halogens is 3. The van der Waals surface area contributed by atoms with Crippen LogP contribution in [-0.2, 0) is 15.7 Å². The van der Waals surface area contributed by atoms with E-state index in [9.17, 15) is 22.8 Å². The van der Waals surface area contributed by atoms with E-state index in [1.54, 1.807) is 0 Å². The van der Waals surface area contributed by atoms with Crippen LogP contribution in [0.25, 0.3) is 0 Å². The summed E-state index contributed by atoms with van der Waals surface area (Å²) in [6.45, 7) is -0.286. The molecule has 1 aromatic rings. The van der Waals surface area contributed by atoms with Gasteiger partial charge in [0.2, 0.25) is 0 Å². The predicted molar refractivity (Wildman–Crippen MR) is 62.2 cm³/mol. The molecular formula is C12H12F3NO4. The molecule has 0 aromatic heterocycles. The van der Waals surface area contributed by atoms with Crippen LogP contribution in [0.15, 0.2) is 24.3 Å². The number of carbonyl (C=O) groups is 2.